The molecule has 0 heterocycles. The van der Waals surface area contributed by atoms with E-state index in [1.165, 1.54) is 5.01 Å². The minimum atomic E-state index is -0.524. The molecule has 6 heteroatoms. The molecule has 0 bridgehead atoms. The summed E-state index contributed by atoms with van der Waals surface area (Å²) in [4.78, 5) is 11.6. The third kappa shape index (κ3) is 3.05. The highest BCUT2D eigenvalue weighted by atomic mass is 79.9. The Labute approximate surface area is 112 Å². The first-order valence-corrected chi connectivity index (χ1v) is 6.43. The summed E-state index contributed by atoms with van der Waals surface area (Å²) >= 11 is 2.91. The monoisotopic (exact) mass is 318 g/mol. The van der Waals surface area contributed by atoms with Gasteiger partial charge in [0.15, 0.2) is 0 Å². The van der Waals surface area contributed by atoms with Crippen molar-refractivity contribution in [2.45, 2.75) is 19.4 Å². The van der Waals surface area contributed by atoms with E-state index in [-0.39, 0.29) is 28.4 Å². The van der Waals surface area contributed by atoms with E-state index in [1.54, 1.807) is 7.05 Å². The Bertz CT molecular complexity index is 477. The molecule has 1 aromatic carbocycles. The number of carbonyl (C=O) groups excluding carboxylic acids is 1. The van der Waals surface area contributed by atoms with Crippen LogP contribution in [-0.2, 0) is 11.3 Å². The lowest BCUT2D eigenvalue weighted by atomic mass is 10.2. The van der Waals surface area contributed by atoms with Crippen LogP contribution in [0.2, 0.25) is 0 Å². The zero-order valence-electron chi connectivity index (χ0n) is 9.84. The van der Waals surface area contributed by atoms with Gasteiger partial charge in [-0.05, 0) is 40.9 Å². The lowest BCUT2D eigenvalue weighted by molar-refractivity contribution is -0.134. The number of hydrogen-bond acceptors (Lipinski definition) is 2. The fraction of sp³-hybridized carbons (Fsp3) is 0.417. The van der Waals surface area contributed by atoms with Gasteiger partial charge in [0.05, 0.1) is 4.47 Å². The Morgan fingerprint density at radius 3 is 2.72 bits per heavy atom. The van der Waals surface area contributed by atoms with Crippen molar-refractivity contribution in [3.05, 3.63) is 33.8 Å². The average Bonchev–Trinajstić information content (AvgIpc) is 3.14. The summed E-state index contributed by atoms with van der Waals surface area (Å²) in [5.74, 6) is -0.950. The number of hydrazine groups is 1. The number of nitrogens with zero attached hydrogens (tertiary/aromatic N) is 1. The molecule has 0 atom stereocenters. The van der Waals surface area contributed by atoms with E-state index in [2.05, 4.69) is 21.4 Å². The van der Waals surface area contributed by atoms with E-state index >= 15 is 0 Å². The van der Waals surface area contributed by atoms with Gasteiger partial charge in [-0.2, -0.15) is 0 Å². The van der Waals surface area contributed by atoms with Crippen molar-refractivity contribution < 1.29 is 13.6 Å². The molecule has 1 aliphatic rings. The summed E-state index contributed by atoms with van der Waals surface area (Å²) < 4.78 is 26.9. The van der Waals surface area contributed by atoms with Crippen LogP contribution >= 0.6 is 15.9 Å². The van der Waals surface area contributed by atoms with Crippen LogP contribution in [0.5, 0.6) is 0 Å². The maximum Gasteiger partial charge on any atom is 0.239 e. The fourth-order valence-electron chi connectivity index (χ4n) is 1.59. The first-order valence-electron chi connectivity index (χ1n) is 5.63. The molecule has 1 fully saturated rings. The van der Waals surface area contributed by atoms with Crippen LogP contribution in [0, 0.1) is 17.6 Å². The second-order valence-corrected chi connectivity index (χ2v) is 5.22. The van der Waals surface area contributed by atoms with Gasteiger partial charge in [-0.1, -0.05) is 0 Å². The van der Waals surface area contributed by atoms with E-state index in [4.69, 9.17) is 0 Å². The van der Waals surface area contributed by atoms with Gasteiger partial charge in [0, 0.05) is 25.1 Å². The molecule has 0 unspecified atom stereocenters. The summed E-state index contributed by atoms with van der Waals surface area (Å²) in [5.41, 5.74) is 2.96. The minimum Gasteiger partial charge on any atom is -0.281 e. The molecule has 0 aliphatic heterocycles. The summed E-state index contributed by atoms with van der Waals surface area (Å²) in [5, 5.41) is 1.34. The minimum absolute atomic E-state index is 0.00649. The summed E-state index contributed by atoms with van der Waals surface area (Å²) in [6.45, 7) is 0.0744. The van der Waals surface area contributed by atoms with E-state index in [0.717, 1.165) is 25.0 Å². The molecule has 1 amide bonds. The first kappa shape index (κ1) is 13.4. The van der Waals surface area contributed by atoms with E-state index < -0.39 is 11.6 Å². The number of hydrogen-bond donors (Lipinski definition) is 1. The quantitative estimate of drug-likeness (QED) is 0.683. The van der Waals surface area contributed by atoms with E-state index in [0.29, 0.717) is 0 Å². The number of halogens is 3. The first-order chi connectivity index (χ1) is 8.49. The van der Waals surface area contributed by atoms with Gasteiger partial charge in [-0.3, -0.25) is 9.80 Å². The number of nitrogens with one attached hydrogen (secondary N) is 1. The molecule has 0 saturated heterocycles. The van der Waals surface area contributed by atoms with Crippen molar-refractivity contribution in [3.63, 3.8) is 0 Å². The van der Waals surface area contributed by atoms with Crippen LogP contribution < -0.4 is 5.43 Å². The van der Waals surface area contributed by atoms with Crippen LogP contribution in [0.15, 0.2) is 16.6 Å². The molecule has 98 valence electrons. The number of carbonyl (C=O) groups is 1. The second-order valence-electron chi connectivity index (χ2n) is 4.36. The summed E-state index contributed by atoms with van der Waals surface area (Å²) in [6, 6.07) is 2.19. The van der Waals surface area contributed by atoms with Crippen LogP contribution in [-0.4, -0.2) is 18.0 Å². The Hall–Kier alpha value is -1.01. The van der Waals surface area contributed by atoms with Crippen molar-refractivity contribution >= 4 is 21.8 Å². The predicted molar refractivity (Wildman–Crippen MR) is 66.4 cm³/mol. The van der Waals surface area contributed by atoms with Crippen LogP contribution in [0.1, 0.15) is 18.4 Å². The predicted octanol–water partition coefficient (Wildman–Crippen LogP) is 2.60. The van der Waals surface area contributed by atoms with Crippen molar-refractivity contribution in [2.75, 3.05) is 7.05 Å². The van der Waals surface area contributed by atoms with Gasteiger partial charge in [0.25, 0.3) is 0 Å². The number of rotatable bonds is 4. The molecule has 18 heavy (non-hydrogen) atoms. The maximum absolute atomic E-state index is 13.5. The van der Waals surface area contributed by atoms with E-state index in [9.17, 15) is 13.6 Å². The molecular weight excluding hydrogens is 306 g/mol. The Morgan fingerprint density at radius 1 is 1.44 bits per heavy atom. The molecule has 0 spiro atoms. The van der Waals surface area contributed by atoms with Crippen molar-refractivity contribution in [3.8, 4) is 0 Å². The van der Waals surface area contributed by atoms with Crippen LogP contribution in [0.25, 0.3) is 0 Å². The van der Waals surface area contributed by atoms with Gasteiger partial charge in [0.1, 0.15) is 11.6 Å². The van der Waals surface area contributed by atoms with Crippen molar-refractivity contribution in [1.82, 2.24) is 10.4 Å². The van der Waals surface area contributed by atoms with E-state index in [1.807, 2.05) is 0 Å². The summed E-state index contributed by atoms with van der Waals surface area (Å²) in [6.07, 6.45) is 1.82. The lowest BCUT2D eigenvalue weighted by Gasteiger charge is -2.18. The molecule has 1 aromatic rings. The van der Waals surface area contributed by atoms with Crippen LogP contribution in [0.4, 0.5) is 8.78 Å². The standard InChI is InChI=1S/C12H13BrF2N2O/c1-17(12(18)7-2-3-7)16-6-8-4-11(15)9(13)5-10(8)14/h4-5,7,16H,2-3,6H2,1H3. The fourth-order valence-corrected chi connectivity index (χ4v) is 1.90. The van der Waals surface area contributed by atoms with Gasteiger partial charge < -0.3 is 0 Å². The topological polar surface area (TPSA) is 32.3 Å². The smallest absolute Gasteiger partial charge is 0.239 e. The molecule has 1 saturated carbocycles. The Kier molecular flexibility index (Phi) is 3.97. The van der Waals surface area contributed by atoms with Gasteiger partial charge >= 0.3 is 0 Å². The molecule has 3 nitrogen and oxygen atoms in total. The Morgan fingerprint density at radius 2 is 2.11 bits per heavy atom. The highest BCUT2D eigenvalue weighted by Crippen LogP contribution is 2.30. The molecule has 1 N–H and O–H groups in total. The number of amides is 1. The molecular formula is C12H13BrF2N2O. The third-order valence-corrected chi connectivity index (χ3v) is 3.46. The van der Waals surface area contributed by atoms with Gasteiger partial charge in [-0.25, -0.2) is 14.2 Å². The van der Waals surface area contributed by atoms with Crippen molar-refractivity contribution in [2.24, 2.45) is 5.92 Å². The molecule has 2 rings (SSSR count). The highest BCUT2D eigenvalue weighted by Gasteiger charge is 2.32. The maximum atomic E-state index is 13.5. The van der Waals surface area contributed by atoms with Gasteiger partial charge in [0.2, 0.25) is 5.91 Å². The van der Waals surface area contributed by atoms with Crippen LogP contribution in [0.3, 0.4) is 0 Å². The second kappa shape index (κ2) is 5.32. The zero-order valence-corrected chi connectivity index (χ0v) is 11.4. The lowest BCUT2D eigenvalue weighted by Crippen LogP contribution is -2.40. The third-order valence-electron chi connectivity index (χ3n) is 2.85. The average molecular weight is 319 g/mol. The SMILES string of the molecule is CN(NCc1cc(F)c(Br)cc1F)C(=O)C1CC1. The van der Waals surface area contributed by atoms with Gasteiger partial charge in [-0.15, -0.1) is 0 Å². The zero-order chi connectivity index (χ0) is 13.3. The molecule has 1 aliphatic carbocycles. The normalized spacial score (nSPS) is 14.7. The number of benzene rings is 1. The largest absolute Gasteiger partial charge is 0.281 e. The van der Waals surface area contributed by atoms with Crippen molar-refractivity contribution in [1.29, 1.82) is 0 Å². The molecule has 0 radical (unpaired) electrons. The highest BCUT2D eigenvalue weighted by molar-refractivity contribution is 9.10. The molecule has 0 aromatic heterocycles. The Balaban J connectivity index is 1.97. The summed E-state index contributed by atoms with van der Waals surface area (Å²) in [7, 11) is 1.59.